The van der Waals surface area contributed by atoms with Crippen molar-refractivity contribution < 1.29 is 31.5 Å². The van der Waals surface area contributed by atoms with Crippen molar-refractivity contribution >= 4 is 11.8 Å². The molecule has 0 heterocycles. The maximum atomic E-state index is 13.0. The number of nitrogens with one attached hydrogen (secondary N) is 1. The topological polar surface area (TPSA) is 38.3 Å². The molecule has 111 valence electrons. The zero-order valence-electron chi connectivity index (χ0n) is 10.1. The summed E-state index contributed by atoms with van der Waals surface area (Å²) in [4.78, 5) is 11.1. The van der Waals surface area contributed by atoms with Crippen molar-refractivity contribution in [3.05, 3.63) is 36.8 Å². The van der Waals surface area contributed by atoms with E-state index in [0.717, 1.165) is 12.1 Å². The molecular weight excluding hydrogens is 285 g/mol. The van der Waals surface area contributed by atoms with E-state index >= 15 is 0 Å². The highest BCUT2D eigenvalue weighted by Gasteiger charge is 2.58. The number of benzene rings is 1. The van der Waals surface area contributed by atoms with Gasteiger partial charge in [0.05, 0.1) is 6.61 Å². The van der Waals surface area contributed by atoms with Crippen molar-refractivity contribution in [3.8, 4) is 0 Å². The van der Waals surface area contributed by atoms with Gasteiger partial charge < -0.3 is 4.74 Å². The summed E-state index contributed by atoms with van der Waals surface area (Å²) >= 11 is 0. The molecule has 0 aromatic heterocycles. The van der Waals surface area contributed by atoms with E-state index < -0.39 is 23.8 Å². The van der Waals surface area contributed by atoms with Crippen LogP contribution in [0.25, 0.3) is 0 Å². The molecule has 1 N–H and O–H groups in total. The molecule has 0 aliphatic rings. The Kier molecular flexibility index (Phi) is 4.91. The number of alkyl halides is 5. The largest absolute Gasteiger partial charge is 0.458 e. The molecule has 1 radical (unpaired) electrons. The van der Waals surface area contributed by atoms with Gasteiger partial charge in [-0.1, -0.05) is 12.1 Å². The van der Waals surface area contributed by atoms with Crippen molar-refractivity contribution in [1.29, 1.82) is 0 Å². The lowest BCUT2D eigenvalue weighted by Gasteiger charge is -2.20. The van der Waals surface area contributed by atoms with E-state index in [-0.39, 0.29) is 12.3 Å². The van der Waals surface area contributed by atoms with Crippen LogP contribution in [-0.4, -0.2) is 18.9 Å². The van der Waals surface area contributed by atoms with Gasteiger partial charge in [0, 0.05) is 11.3 Å². The van der Waals surface area contributed by atoms with E-state index in [4.69, 9.17) is 0 Å². The highest BCUT2D eigenvalue weighted by Crippen LogP contribution is 2.43. The van der Waals surface area contributed by atoms with Crippen LogP contribution < -0.4 is 5.32 Å². The standard InChI is InChI=1S/C12H11F5NO2/c1-2-7-20-10(19)18-9-5-3-8(4-6-9)11(13,14)12(15,16)17/h3-6H,1-2,7H2,(H,18,19). The van der Waals surface area contributed by atoms with Crippen LogP contribution in [-0.2, 0) is 10.7 Å². The van der Waals surface area contributed by atoms with E-state index in [0.29, 0.717) is 18.6 Å². The maximum Gasteiger partial charge on any atom is 0.458 e. The van der Waals surface area contributed by atoms with Gasteiger partial charge in [0.1, 0.15) is 0 Å². The summed E-state index contributed by atoms with van der Waals surface area (Å²) in [6, 6.07) is 3.04. The summed E-state index contributed by atoms with van der Waals surface area (Å²) in [6.07, 6.45) is -6.16. The van der Waals surface area contributed by atoms with Gasteiger partial charge in [0.15, 0.2) is 0 Å². The monoisotopic (exact) mass is 296 g/mol. The van der Waals surface area contributed by atoms with E-state index in [1.165, 1.54) is 0 Å². The average Bonchev–Trinajstić information content (AvgIpc) is 2.35. The first kappa shape index (κ1) is 16.2. The lowest BCUT2D eigenvalue weighted by Crippen LogP contribution is -2.33. The summed E-state index contributed by atoms with van der Waals surface area (Å²) < 4.78 is 66.9. The predicted octanol–water partition coefficient (Wildman–Crippen LogP) is 4.11. The zero-order valence-corrected chi connectivity index (χ0v) is 10.1. The molecule has 0 spiro atoms. The van der Waals surface area contributed by atoms with Crippen LogP contribution >= 0.6 is 0 Å². The third-order valence-corrected chi connectivity index (χ3v) is 2.23. The molecule has 3 nitrogen and oxygen atoms in total. The average molecular weight is 296 g/mol. The predicted molar refractivity (Wildman–Crippen MR) is 61.3 cm³/mol. The van der Waals surface area contributed by atoms with Crippen molar-refractivity contribution in [1.82, 2.24) is 0 Å². The molecule has 20 heavy (non-hydrogen) atoms. The van der Waals surface area contributed by atoms with Crippen LogP contribution in [0.4, 0.5) is 32.4 Å². The van der Waals surface area contributed by atoms with E-state index in [1.807, 2.05) is 0 Å². The third kappa shape index (κ3) is 3.82. The normalized spacial score (nSPS) is 12.1. The number of amides is 1. The first-order chi connectivity index (χ1) is 9.18. The summed E-state index contributed by atoms with van der Waals surface area (Å²) in [7, 11) is 0. The van der Waals surface area contributed by atoms with Gasteiger partial charge in [-0.25, -0.2) is 4.79 Å². The Morgan fingerprint density at radius 1 is 1.15 bits per heavy atom. The van der Waals surface area contributed by atoms with Crippen molar-refractivity contribution in [2.75, 3.05) is 11.9 Å². The fraction of sp³-hybridized carbons (Fsp3) is 0.333. The molecule has 1 aromatic rings. The van der Waals surface area contributed by atoms with Crippen molar-refractivity contribution in [2.24, 2.45) is 0 Å². The van der Waals surface area contributed by atoms with Gasteiger partial charge in [-0.05, 0) is 25.5 Å². The number of hydrogen-bond acceptors (Lipinski definition) is 2. The Morgan fingerprint density at radius 3 is 2.15 bits per heavy atom. The first-order valence-electron chi connectivity index (χ1n) is 5.46. The Balaban J connectivity index is 2.77. The number of carbonyl (C=O) groups is 1. The van der Waals surface area contributed by atoms with Crippen molar-refractivity contribution in [3.63, 3.8) is 0 Å². The summed E-state index contributed by atoms with van der Waals surface area (Å²) in [5.41, 5.74) is -1.16. The Labute approximate surface area is 111 Å². The van der Waals surface area contributed by atoms with Crippen LogP contribution in [0.5, 0.6) is 0 Å². The Hall–Kier alpha value is -1.86. The minimum absolute atomic E-state index is 0.0424. The minimum atomic E-state index is -5.67. The molecule has 1 rings (SSSR count). The van der Waals surface area contributed by atoms with Gasteiger partial charge in [0.2, 0.25) is 0 Å². The molecule has 0 saturated heterocycles. The van der Waals surface area contributed by atoms with Gasteiger partial charge >= 0.3 is 18.2 Å². The third-order valence-electron chi connectivity index (χ3n) is 2.23. The SMILES string of the molecule is [CH2]CCOC(=O)Nc1ccc(C(F)(F)C(F)(F)F)cc1. The van der Waals surface area contributed by atoms with Gasteiger partial charge in [-0.3, -0.25) is 5.32 Å². The Morgan fingerprint density at radius 2 is 1.70 bits per heavy atom. The number of halogens is 5. The summed E-state index contributed by atoms with van der Waals surface area (Å²) in [5, 5.41) is 2.18. The highest BCUT2D eigenvalue weighted by atomic mass is 19.4. The number of rotatable bonds is 4. The summed E-state index contributed by atoms with van der Waals surface area (Å²) in [6.45, 7) is 3.50. The number of hydrogen-bond donors (Lipinski definition) is 1. The molecule has 1 aromatic carbocycles. The quantitative estimate of drug-likeness (QED) is 0.849. The summed E-state index contributed by atoms with van der Waals surface area (Å²) in [5.74, 6) is -4.94. The van der Waals surface area contributed by atoms with Crippen LogP contribution in [0.1, 0.15) is 12.0 Å². The van der Waals surface area contributed by atoms with Gasteiger partial charge in [0.25, 0.3) is 0 Å². The van der Waals surface area contributed by atoms with Crippen LogP contribution in [0.2, 0.25) is 0 Å². The second-order valence-electron chi connectivity index (χ2n) is 3.76. The van der Waals surface area contributed by atoms with Gasteiger partial charge in [-0.15, -0.1) is 0 Å². The minimum Gasteiger partial charge on any atom is -0.449 e. The molecule has 0 aliphatic heterocycles. The molecule has 0 unspecified atom stereocenters. The van der Waals surface area contributed by atoms with Gasteiger partial charge in [-0.2, -0.15) is 22.0 Å². The number of anilines is 1. The lowest BCUT2D eigenvalue weighted by molar-refractivity contribution is -0.289. The second-order valence-corrected chi connectivity index (χ2v) is 3.76. The van der Waals surface area contributed by atoms with Crippen LogP contribution in [0, 0.1) is 6.92 Å². The molecule has 1 amide bonds. The molecule has 0 atom stereocenters. The van der Waals surface area contributed by atoms with E-state index in [1.54, 1.807) is 0 Å². The first-order valence-corrected chi connectivity index (χ1v) is 5.46. The van der Waals surface area contributed by atoms with Crippen molar-refractivity contribution in [2.45, 2.75) is 18.5 Å². The number of ether oxygens (including phenoxy) is 1. The molecule has 0 aliphatic carbocycles. The maximum absolute atomic E-state index is 13.0. The second kappa shape index (κ2) is 6.06. The molecule has 0 saturated carbocycles. The molecule has 0 fully saturated rings. The van der Waals surface area contributed by atoms with Crippen LogP contribution in [0.3, 0.4) is 0 Å². The molecule has 8 heteroatoms. The number of carbonyl (C=O) groups excluding carboxylic acids is 1. The van der Waals surface area contributed by atoms with E-state index in [2.05, 4.69) is 17.0 Å². The Bertz CT molecular complexity index is 456. The molecule has 0 bridgehead atoms. The highest BCUT2D eigenvalue weighted by molar-refractivity contribution is 5.84. The molecular formula is C12H11F5NO2. The van der Waals surface area contributed by atoms with E-state index in [9.17, 15) is 26.7 Å². The smallest absolute Gasteiger partial charge is 0.449 e. The van der Waals surface area contributed by atoms with Crippen LogP contribution in [0.15, 0.2) is 24.3 Å². The lowest BCUT2D eigenvalue weighted by atomic mass is 10.1. The fourth-order valence-corrected chi connectivity index (χ4v) is 1.25. The zero-order chi connectivity index (χ0) is 15.4. The fourth-order valence-electron chi connectivity index (χ4n) is 1.25.